The largest absolute Gasteiger partial charge is 0.476 e. The normalized spacial score (nSPS) is 10.4. The Morgan fingerprint density at radius 1 is 1.00 bits per heavy atom. The predicted molar refractivity (Wildman–Crippen MR) is 109 cm³/mol. The lowest BCUT2D eigenvalue weighted by molar-refractivity contribution is 0.305. The minimum atomic E-state index is 0.432. The van der Waals surface area contributed by atoms with Crippen molar-refractivity contribution in [2.24, 2.45) is 0 Å². The molecule has 0 amide bonds. The second-order valence-corrected chi connectivity index (χ2v) is 7.02. The summed E-state index contributed by atoms with van der Waals surface area (Å²) in [6.07, 6.45) is 5.74. The van der Waals surface area contributed by atoms with E-state index in [0.717, 1.165) is 17.7 Å². The first-order valence-electron chi connectivity index (χ1n) is 8.86. The highest BCUT2D eigenvalue weighted by molar-refractivity contribution is 7.99. The van der Waals surface area contributed by atoms with Gasteiger partial charge in [-0.3, -0.25) is 0 Å². The summed E-state index contributed by atoms with van der Waals surface area (Å²) < 4.78 is 11.0. The van der Waals surface area contributed by atoms with Crippen molar-refractivity contribution in [1.29, 1.82) is 0 Å². The van der Waals surface area contributed by atoms with Crippen molar-refractivity contribution in [3.8, 4) is 17.7 Å². The Balaban J connectivity index is 1.46. The number of benzene rings is 1. The van der Waals surface area contributed by atoms with Crippen LogP contribution in [0.4, 0.5) is 0 Å². The van der Waals surface area contributed by atoms with Crippen LogP contribution in [0.5, 0.6) is 5.88 Å². The molecule has 4 rings (SSSR count). The van der Waals surface area contributed by atoms with Crippen molar-refractivity contribution >= 4 is 22.9 Å². The number of furan rings is 1. The average Bonchev–Trinajstić information content (AvgIpc) is 3.26. The van der Waals surface area contributed by atoms with E-state index in [0.29, 0.717) is 29.3 Å². The minimum Gasteiger partial charge on any atom is -0.476 e. The third-order valence-corrected chi connectivity index (χ3v) is 4.89. The van der Waals surface area contributed by atoms with E-state index in [2.05, 4.69) is 38.9 Å². The molecule has 0 saturated heterocycles. The smallest absolute Gasteiger partial charge is 0.249 e. The van der Waals surface area contributed by atoms with Gasteiger partial charge >= 0.3 is 0 Å². The molecule has 4 aromatic rings. The maximum absolute atomic E-state index is 5.91. The zero-order valence-corrected chi connectivity index (χ0v) is 15.9. The van der Waals surface area contributed by atoms with Crippen LogP contribution in [-0.2, 0) is 0 Å². The van der Waals surface area contributed by atoms with Crippen LogP contribution in [0.25, 0.3) is 11.2 Å². The molecule has 3 aromatic heterocycles. The molecule has 0 aliphatic heterocycles. The minimum absolute atomic E-state index is 0.432. The van der Waals surface area contributed by atoms with Gasteiger partial charge < -0.3 is 9.15 Å². The number of thioether (sulfide) groups is 1. The van der Waals surface area contributed by atoms with Crippen LogP contribution in [-0.4, -0.2) is 27.3 Å². The molecule has 5 nitrogen and oxygen atoms in total. The Morgan fingerprint density at radius 2 is 1.93 bits per heavy atom. The number of rotatable bonds is 6. The maximum atomic E-state index is 5.91. The Kier molecular flexibility index (Phi) is 5.86. The van der Waals surface area contributed by atoms with Gasteiger partial charge in [-0.05, 0) is 42.7 Å². The quantitative estimate of drug-likeness (QED) is 0.274. The highest BCUT2D eigenvalue weighted by Gasteiger charge is 2.09. The van der Waals surface area contributed by atoms with Crippen molar-refractivity contribution in [2.45, 2.75) is 11.3 Å². The van der Waals surface area contributed by atoms with Gasteiger partial charge in [0.15, 0.2) is 11.3 Å². The fourth-order valence-corrected chi connectivity index (χ4v) is 3.31. The SMILES string of the molecule is C(#Cc1nc2ncccc2nc1OCCCSc1ccccc1)c1ccoc1. The Labute approximate surface area is 167 Å². The van der Waals surface area contributed by atoms with Crippen LogP contribution in [0, 0.1) is 11.8 Å². The van der Waals surface area contributed by atoms with Gasteiger partial charge in [-0.1, -0.05) is 24.1 Å². The first-order valence-corrected chi connectivity index (χ1v) is 9.85. The summed E-state index contributed by atoms with van der Waals surface area (Å²) in [4.78, 5) is 14.6. The monoisotopic (exact) mass is 387 g/mol. The van der Waals surface area contributed by atoms with Gasteiger partial charge in [-0.25, -0.2) is 15.0 Å². The predicted octanol–water partition coefficient (Wildman–Crippen LogP) is 4.58. The average molecular weight is 387 g/mol. The van der Waals surface area contributed by atoms with Crippen molar-refractivity contribution in [3.63, 3.8) is 0 Å². The van der Waals surface area contributed by atoms with Crippen molar-refractivity contribution < 1.29 is 9.15 Å². The molecule has 0 saturated carbocycles. The molecule has 6 heteroatoms. The van der Waals surface area contributed by atoms with Gasteiger partial charge in [-0.2, -0.15) is 0 Å². The Hall–Kier alpha value is -3.30. The second kappa shape index (κ2) is 9.07. The van der Waals surface area contributed by atoms with Crippen molar-refractivity contribution in [1.82, 2.24) is 15.0 Å². The summed E-state index contributed by atoms with van der Waals surface area (Å²) in [6.45, 7) is 0.542. The Morgan fingerprint density at radius 3 is 2.79 bits per heavy atom. The molecule has 0 unspecified atom stereocenters. The van der Waals surface area contributed by atoms with Gasteiger partial charge in [0.25, 0.3) is 0 Å². The molecule has 0 fully saturated rings. The van der Waals surface area contributed by atoms with Crippen LogP contribution >= 0.6 is 11.8 Å². The van der Waals surface area contributed by atoms with E-state index in [1.165, 1.54) is 4.90 Å². The summed E-state index contributed by atoms with van der Waals surface area (Å²) in [5.41, 5.74) is 2.48. The topological polar surface area (TPSA) is 61.0 Å². The lowest BCUT2D eigenvalue weighted by atomic mass is 10.3. The Bertz CT molecular complexity index is 1100. The number of pyridine rings is 1. The summed E-state index contributed by atoms with van der Waals surface area (Å²) in [5, 5.41) is 0. The van der Waals surface area contributed by atoms with Gasteiger partial charge in [-0.15, -0.1) is 11.8 Å². The lowest BCUT2D eigenvalue weighted by Gasteiger charge is -2.08. The standard InChI is InChI=1S/C22H17N3O2S/c1-2-6-18(7-3-1)28-15-5-13-27-22-20(10-9-17-11-14-26-16-17)24-21-19(25-22)8-4-12-23-21/h1-4,6-8,11-12,14,16H,5,13,15H2. The van der Waals surface area contributed by atoms with E-state index in [9.17, 15) is 0 Å². The van der Waals surface area contributed by atoms with Crippen molar-refractivity contribution in [3.05, 3.63) is 78.5 Å². The van der Waals surface area contributed by atoms with E-state index in [1.807, 2.05) is 30.3 Å². The molecular formula is C22H17N3O2S. The number of ether oxygens (including phenoxy) is 1. The number of fused-ring (bicyclic) bond motifs is 1. The first-order chi connectivity index (χ1) is 13.9. The third kappa shape index (κ3) is 4.70. The number of aromatic nitrogens is 3. The van der Waals surface area contributed by atoms with Crippen LogP contribution in [0.2, 0.25) is 0 Å². The van der Waals surface area contributed by atoms with Gasteiger partial charge in [0, 0.05) is 16.8 Å². The molecule has 0 spiro atoms. The molecule has 0 aliphatic rings. The molecule has 0 N–H and O–H groups in total. The summed E-state index contributed by atoms with van der Waals surface area (Å²) in [7, 11) is 0. The summed E-state index contributed by atoms with van der Waals surface area (Å²) in [5.74, 6) is 7.42. The van der Waals surface area contributed by atoms with Gasteiger partial charge in [0.2, 0.25) is 5.88 Å². The molecule has 1 aromatic carbocycles. The highest BCUT2D eigenvalue weighted by Crippen LogP contribution is 2.20. The molecule has 0 radical (unpaired) electrons. The first kappa shape index (κ1) is 18.1. The molecule has 3 heterocycles. The zero-order chi connectivity index (χ0) is 19.0. The van der Waals surface area contributed by atoms with E-state index in [1.54, 1.807) is 36.6 Å². The lowest BCUT2D eigenvalue weighted by Crippen LogP contribution is -2.04. The van der Waals surface area contributed by atoms with Gasteiger partial charge in [0.05, 0.1) is 18.4 Å². The van der Waals surface area contributed by atoms with E-state index in [4.69, 9.17) is 9.15 Å². The summed E-state index contributed by atoms with van der Waals surface area (Å²) in [6, 6.07) is 15.8. The number of hydrogen-bond donors (Lipinski definition) is 0. The fraction of sp³-hybridized carbons (Fsp3) is 0.136. The molecule has 0 aliphatic carbocycles. The zero-order valence-electron chi connectivity index (χ0n) is 15.0. The van der Waals surface area contributed by atoms with Crippen LogP contribution in [0.3, 0.4) is 0 Å². The van der Waals surface area contributed by atoms with E-state index < -0.39 is 0 Å². The van der Waals surface area contributed by atoms with E-state index in [-0.39, 0.29) is 0 Å². The molecule has 138 valence electrons. The molecule has 0 bridgehead atoms. The third-order valence-electron chi connectivity index (χ3n) is 3.79. The number of nitrogens with zero attached hydrogens (tertiary/aromatic N) is 3. The fourth-order valence-electron chi connectivity index (χ4n) is 2.46. The number of hydrogen-bond acceptors (Lipinski definition) is 6. The summed E-state index contributed by atoms with van der Waals surface area (Å²) >= 11 is 1.81. The molecule has 28 heavy (non-hydrogen) atoms. The molecular weight excluding hydrogens is 370 g/mol. The highest BCUT2D eigenvalue weighted by atomic mass is 32.2. The van der Waals surface area contributed by atoms with Crippen molar-refractivity contribution in [2.75, 3.05) is 12.4 Å². The van der Waals surface area contributed by atoms with Crippen LogP contribution in [0.15, 0.2) is 76.6 Å². The molecule has 0 atom stereocenters. The van der Waals surface area contributed by atoms with E-state index >= 15 is 0 Å². The van der Waals surface area contributed by atoms with Gasteiger partial charge in [0.1, 0.15) is 11.8 Å². The second-order valence-electron chi connectivity index (χ2n) is 5.85. The maximum Gasteiger partial charge on any atom is 0.249 e. The van der Waals surface area contributed by atoms with Crippen LogP contribution in [0.1, 0.15) is 17.7 Å². The van der Waals surface area contributed by atoms with Crippen LogP contribution < -0.4 is 4.74 Å².